The first kappa shape index (κ1) is 25.0. The molecule has 1 aliphatic rings. The molecule has 2 amide bonds. The SMILES string of the molecule is CC(C)(C)OC(=O)N1CCn2cc(CC(C)(C)C(N)=O)c3cc(C#CS(C)(C)C)cc(c32)C1. The van der Waals surface area contributed by atoms with Crippen molar-refractivity contribution in [1.29, 1.82) is 0 Å². The highest BCUT2D eigenvalue weighted by Gasteiger charge is 2.30. The maximum atomic E-state index is 12.8. The van der Waals surface area contributed by atoms with Crippen LogP contribution < -0.4 is 5.73 Å². The summed E-state index contributed by atoms with van der Waals surface area (Å²) in [6.07, 6.45) is 8.82. The van der Waals surface area contributed by atoms with E-state index in [1.54, 1.807) is 4.90 Å². The summed E-state index contributed by atoms with van der Waals surface area (Å²) in [6.45, 7) is 11.0. The number of carbonyl (C=O) groups excluding carboxylic acids is 2. The maximum absolute atomic E-state index is 12.8. The second kappa shape index (κ2) is 8.64. The zero-order valence-corrected chi connectivity index (χ0v) is 22.0. The average molecular weight is 472 g/mol. The van der Waals surface area contributed by atoms with Crippen molar-refractivity contribution in [1.82, 2.24) is 9.47 Å². The van der Waals surface area contributed by atoms with Gasteiger partial charge >= 0.3 is 6.09 Å². The van der Waals surface area contributed by atoms with Crippen molar-refractivity contribution in [3.05, 3.63) is 35.0 Å². The Kier molecular flexibility index (Phi) is 6.56. The van der Waals surface area contributed by atoms with Crippen molar-refractivity contribution in [2.24, 2.45) is 11.1 Å². The van der Waals surface area contributed by atoms with E-state index in [1.807, 2.05) is 34.6 Å². The highest BCUT2D eigenvalue weighted by Crippen LogP contribution is 2.35. The number of carbonyl (C=O) groups is 2. The highest BCUT2D eigenvalue weighted by molar-refractivity contribution is 8.35. The molecular formula is C26H37N3O3S. The third kappa shape index (κ3) is 6.05. The van der Waals surface area contributed by atoms with Gasteiger partial charge in [0.2, 0.25) is 5.91 Å². The van der Waals surface area contributed by atoms with Crippen LogP contribution in [0.15, 0.2) is 18.3 Å². The third-order valence-corrected chi connectivity index (χ3v) is 6.27. The number of amides is 2. The van der Waals surface area contributed by atoms with Crippen LogP contribution in [-0.4, -0.2) is 52.4 Å². The van der Waals surface area contributed by atoms with Crippen LogP contribution >= 0.6 is 10.0 Å². The van der Waals surface area contributed by atoms with E-state index in [-0.39, 0.29) is 12.0 Å². The monoisotopic (exact) mass is 471 g/mol. The summed E-state index contributed by atoms with van der Waals surface area (Å²) in [7, 11) is -0.990. The predicted molar refractivity (Wildman–Crippen MR) is 138 cm³/mol. The topological polar surface area (TPSA) is 77.6 Å². The van der Waals surface area contributed by atoms with E-state index in [9.17, 15) is 9.59 Å². The summed E-state index contributed by atoms with van der Waals surface area (Å²) in [5.74, 6) is 3.03. The number of nitrogens with two attached hydrogens (primary N) is 1. The van der Waals surface area contributed by atoms with E-state index in [0.717, 1.165) is 27.6 Å². The Bertz CT molecular complexity index is 1150. The van der Waals surface area contributed by atoms with Gasteiger partial charge in [0.05, 0.1) is 12.1 Å². The zero-order valence-electron chi connectivity index (χ0n) is 21.2. The molecule has 0 saturated carbocycles. The molecule has 6 nitrogen and oxygen atoms in total. The second-order valence-electron chi connectivity index (χ2n) is 11.3. The lowest BCUT2D eigenvalue weighted by Crippen LogP contribution is -2.37. The molecule has 3 rings (SSSR count). The average Bonchev–Trinajstić information content (AvgIpc) is 2.86. The highest BCUT2D eigenvalue weighted by atomic mass is 32.3. The number of benzene rings is 1. The molecule has 1 aliphatic heterocycles. The van der Waals surface area contributed by atoms with Gasteiger partial charge in [-0.25, -0.2) is 4.79 Å². The number of nitrogens with zero attached hydrogens (tertiary/aromatic N) is 2. The number of hydrogen-bond acceptors (Lipinski definition) is 3. The predicted octanol–water partition coefficient (Wildman–Crippen LogP) is 4.45. The number of aromatic nitrogens is 1. The molecular weight excluding hydrogens is 434 g/mol. The van der Waals surface area contributed by atoms with Crippen molar-refractivity contribution < 1.29 is 14.3 Å². The van der Waals surface area contributed by atoms with Gasteiger partial charge in [-0.15, -0.1) is 0 Å². The fourth-order valence-electron chi connectivity index (χ4n) is 3.88. The van der Waals surface area contributed by atoms with Crippen LogP contribution in [0.4, 0.5) is 4.79 Å². The Hall–Kier alpha value is -2.59. The maximum Gasteiger partial charge on any atom is 0.410 e. The van der Waals surface area contributed by atoms with Crippen LogP contribution in [0.5, 0.6) is 0 Å². The van der Waals surface area contributed by atoms with Crippen LogP contribution in [0.25, 0.3) is 10.9 Å². The van der Waals surface area contributed by atoms with Gasteiger partial charge in [0.1, 0.15) is 5.60 Å². The number of hydrogen-bond donors (Lipinski definition) is 1. The van der Waals surface area contributed by atoms with Gasteiger partial charge in [-0.3, -0.25) is 4.79 Å². The molecule has 0 spiro atoms. The van der Waals surface area contributed by atoms with Crippen molar-refractivity contribution >= 4 is 32.9 Å². The molecule has 0 atom stereocenters. The molecule has 2 N–H and O–H groups in total. The molecule has 0 radical (unpaired) electrons. The summed E-state index contributed by atoms with van der Waals surface area (Å²) in [5.41, 5.74) is 8.58. The molecule has 2 aromatic rings. The largest absolute Gasteiger partial charge is 0.444 e. The van der Waals surface area contributed by atoms with Crippen LogP contribution in [0, 0.1) is 16.6 Å². The van der Waals surface area contributed by atoms with Crippen LogP contribution in [0.2, 0.25) is 0 Å². The molecule has 7 heteroatoms. The molecule has 2 heterocycles. The molecule has 1 aromatic heterocycles. The van der Waals surface area contributed by atoms with Gasteiger partial charge < -0.3 is 19.9 Å². The summed E-state index contributed by atoms with van der Waals surface area (Å²) in [5, 5.41) is 4.46. The van der Waals surface area contributed by atoms with Gasteiger partial charge in [-0.05, 0) is 74.5 Å². The minimum absolute atomic E-state index is 0.313. The van der Waals surface area contributed by atoms with E-state index in [4.69, 9.17) is 10.5 Å². The lowest BCUT2D eigenvalue weighted by molar-refractivity contribution is -0.125. The van der Waals surface area contributed by atoms with Crippen LogP contribution in [0.3, 0.4) is 0 Å². The van der Waals surface area contributed by atoms with Crippen LogP contribution in [0.1, 0.15) is 51.3 Å². The van der Waals surface area contributed by atoms with Gasteiger partial charge in [0.25, 0.3) is 0 Å². The summed E-state index contributed by atoms with van der Waals surface area (Å²) >= 11 is 0. The zero-order chi connectivity index (χ0) is 24.8. The van der Waals surface area contributed by atoms with E-state index in [0.29, 0.717) is 26.1 Å². The molecule has 0 fully saturated rings. The molecule has 0 saturated heterocycles. The summed E-state index contributed by atoms with van der Waals surface area (Å²) in [4.78, 5) is 26.6. The second-order valence-corrected chi connectivity index (χ2v) is 15.1. The van der Waals surface area contributed by atoms with E-state index < -0.39 is 21.0 Å². The molecule has 1 aromatic carbocycles. The van der Waals surface area contributed by atoms with Gasteiger partial charge in [0.15, 0.2) is 0 Å². The molecule has 0 unspecified atom stereocenters. The van der Waals surface area contributed by atoms with Crippen molar-refractivity contribution in [2.75, 3.05) is 25.3 Å². The Morgan fingerprint density at radius 2 is 1.79 bits per heavy atom. The summed E-state index contributed by atoms with van der Waals surface area (Å²) in [6, 6.07) is 4.20. The Labute approximate surface area is 199 Å². The fraction of sp³-hybridized carbons (Fsp3) is 0.538. The van der Waals surface area contributed by atoms with Crippen molar-refractivity contribution in [3.63, 3.8) is 0 Å². The number of primary amides is 1. The molecule has 33 heavy (non-hydrogen) atoms. The molecule has 0 bridgehead atoms. The Balaban J connectivity index is 2.12. The smallest absolute Gasteiger partial charge is 0.410 e. The quantitative estimate of drug-likeness (QED) is 0.672. The van der Waals surface area contributed by atoms with Gasteiger partial charge in [-0.2, -0.15) is 10.0 Å². The van der Waals surface area contributed by atoms with E-state index in [2.05, 4.69) is 52.8 Å². The third-order valence-electron chi connectivity index (χ3n) is 5.56. The molecule has 0 aliphatic carbocycles. The van der Waals surface area contributed by atoms with Gasteiger partial charge in [0, 0.05) is 35.7 Å². The minimum Gasteiger partial charge on any atom is -0.444 e. The minimum atomic E-state index is -0.990. The Morgan fingerprint density at radius 3 is 2.36 bits per heavy atom. The number of ether oxygens (including phenoxy) is 1. The first-order chi connectivity index (χ1) is 15.1. The van der Waals surface area contributed by atoms with Crippen molar-refractivity contribution in [3.8, 4) is 11.2 Å². The van der Waals surface area contributed by atoms with E-state index in [1.165, 1.54) is 0 Å². The van der Waals surface area contributed by atoms with E-state index >= 15 is 0 Å². The Morgan fingerprint density at radius 1 is 1.12 bits per heavy atom. The fourth-order valence-corrected chi connectivity index (χ4v) is 4.31. The lowest BCUT2D eigenvalue weighted by Gasteiger charge is -2.26. The number of rotatable bonds is 3. The lowest BCUT2D eigenvalue weighted by atomic mass is 9.85. The molecule has 180 valence electrons. The first-order valence-corrected chi connectivity index (χ1v) is 14.0. The van der Waals surface area contributed by atoms with Crippen molar-refractivity contribution in [2.45, 2.75) is 59.7 Å². The summed E-state index contributed by atoms with van der Waals surface area (Å²) < 4.78 is 7.83. The standard InChI is InChI=1S/C26H37N3O3S/c1-25(2,3)32-24(31)29-11-10-28-17-20(15-26(4,5)23(27)30)21-14-18(9-12-33(6,7)8)13-19(16-29)22(21)28/h13-14,17H,10-11,15-16H2,1-8H3,(H2,27,30). The normalized spacial score (nSPS) is 15.0. The van der Waals surface area contributed by atoms with Crippen LogP contribution in [-0.2, 0) is 29.0 Å². The first-order valence-electron chi connectivity index (χ1n) is 11.2. The van der Waals surface area contributed by atoms with Gasteiger partial charge in [-0.1, -0.05) is 19.8 Å².